The summed E-state index contributed by atoms with van der Waals surface area (Å²) in [6.07, 6.45) is 6.11. The fourth-order valence-electron chi connectivity index (χ4n) is 3.22. The first kappa shape index (κ1) is 16.4. The quantitative estimate of drug-likeness (QED) is 0.834. The van der Waals surface area contributed by atoms with Gasteiger partial charge in [0.05, 0.1) is 0 Å². The van der Waals surface area contributed by atoms with E-state index in [0.717, 1.165) is 12.1 Å². The fraction of sp³-hybridized carbons (Fsp3) is 0.316. The van der Waals surface area contributed by atoms with Crippen molar-refractivity contribution in [1.82, 2.24) is 0 Å². The highest BCUT2D eigenvalue weighted by atomic mass is 19.2. The highest BCUT2D eigenvalue weighted by molar-refractivity contribution is 6.06. The smallest absolute Gasteiger partial charge is 0.262 e. The molecule has 0 heterocycles. The molecular weight excluding hydrogens is 312 g/mol. The van der Waals surface area contributed by atoms with E-state index >= 15 is 0 Å². The molecule has 0 atom stereocenters. The second-order valence-electron chi connectivity index (χ2n) is 6.17. The van der Waals surface area contributed by atoms with Crippen molar-refractivity contribution in [3.8, 4) is 5.75 Å². The molecular formula is C19H19F2NO2. The number of rotatable bonds is 3. The number of carbonyl (C=O) groups is 1. The van der Waals surface area contributed by atoms with Crippen molar-refractivity contribution in [3.63, 3.8) is 0 Å². The average molecular weight is 331 g/mol. The largest absolute Gasteiger partial charge is 0.507 e. The maximum atomic E-state index is 13.7. The molecule has 0 aliphatic heterocycles. The van der Waals surface area contributed by atoms with Crippen LogP contribution in [0, 0.1) is 11.6 Å². The average Bonchev–Trinajstić information content (AvgIpc) is 2.60. The summed E-state index contributed by atoms with van der Waals surface area (Å²) in [4.78, 5) is 12.1. The van der Waals surface area contributed by atoms with E-state index in [1.807, 2.05) is 12.1 Å². The molecule has 126 valence electrons. The Balaban J connectivity index is 1.74. The van der Waals surface area contributed by atoms with Gasteiger partial charge in [0.1, 0.15) is 11.3 Å². The maximum Gasteiger partial charge on any atom is 0.262 e. The summed E-state index contributed by atoms with van der Waals surface area (Å²) in [7, 11) is 0. The van der Waals surface area contributed by atoms with Gasteiger partial charge < -0.3 is 10.4 Å². The predicted octanol–water partition coefficient (Wildman–Crippen LogP) is 4.97. The van der Waals surface area contributed by atoms with E-state index in [-0.39, 0.29) is 0 Å². The molecule has 2 aromatic rings. The lowest BCUT2D eigenvalue weighted by Crippen LogP contribution is -2.15. The Kier molecular flexibility index (Phi) is 4.79. The van der Waals surface area contributed by atoms with E-state index in [9.17, 15) is 18.7 Å². The molecule has 2 aromatic carbocycles. The minimum atomic E-state index is -1.36. The molecule has 5 heteroatoms. The molecule has 3 nitrogen and oxygen atoms in total. The van der Waals surface area contributed by atoms with Gasteiger partial charge in [-0.3, -0.25) is 4.79 Å². The molecule has 0 saturated heterocycles. The zero-order valence-electron chi connectivity index (χ0n) is 13.2. The number of hydrogen-bond acceptors (Lipinski definition) is 2. The number of hydrogen-bond donors (Lipinski definition) is 2. The Morgan fingerprint density at radius 1 is 1.00 bits per heavy atom. The minimum absolute atomic E-state index is 0.475. The molecule has 0 radical (unpaired) electrons. The standard InChI is InChI=1S/C19H19F2NO2/c20-15-10-11-16(23)17(18(15)21)19(24)22-14-8-6-13(7-9-14)12-4-2-1-3-5-12/h6-12,23H,1-5H2,(H,22,24). The summed E-state index contributed by atoms with van der Waals surface area (Å²) in [5.41, 5.74) is 1.02. The van der Waals surface area contributed by atoms with E-state index in [1.165, 1.54) is 37.7 Å². The van der Waals surface area contributed by atoms with Crippen molar-refractivity contribution in [2.75, 3.05) is 5.32 Å². The lowest BCUT2D eigenvalue weighted by Gasteiger charge is -2.22. The highest BCUT2D eigenvalue weighted by Gasteiger charge is 2.21. The number of carbonyl (C=O) groups excluding carboxylic acids is 1. The maximum absolute atomic E-state index is 13.7. The molecule has 1 aliphatic rings. The zero-order valence-corrected chi connectivity index (χ0v) is 13.2. The number of phenolic OH excluding ortho intramolecular Hbond substituents is 1. The third-order valence-electron chi connectivity index (χ3n) is 4.55. The summed E-state index contributed by atoms with van der Waals surface area (Å²) in [5.74, 6) is -3.45. The van der Waals surface area contributed by atoms with Crippen LogP contribution in [0.4, 0.5) is 14.5 Å². The SMILES string of the molecule is O=C(Nc1ccc(C2CCCCC2)cc1)c1c(O)ccc(F)c1F. The van der Waals surface area contributed by atoms with Crippen molar-refractivity contribution in [3.05, 3.63) is 59.2 Å². The molecule has 0 unspecified atom stereocenters. The lowest BCUT2D eigenvalue weighted by atomic mass is 9.84. The normalized spacial score (nSPS) is 15.2. The zero-order chi connectivity index (χ0) is 17.1. The van der Waals surface area contributed by atoms with Gasteiger partial charge in [-0.2, -0.15) is 0 Å². The van der Waals surface area contributed by atoms with Crippen molar-refractivity contribution in [1.29, 1.82) is 0 Å². The molecule has 2 N–H and O–H groups in total. The van der Waals surface area contributed by atoms with E-state index in [2.05, 4.69) is 5.32 Å². The van der Waals surface area contributed by atoms with Crippen LogP contribution in [-0.2, 0) is 0 Å². The van der Waals surface area contributed by atoms with Crippen LogP contribution in [0.2, 0.25) is 0 Å². The Morgan fingerprint density at radius 2 is 1.67 bits per heavy atom. The van der Waals surface area contributed by atoms with E-state index < -0.39 is 28.9 Å². The molecule has 1 aliphatic carbocycles. The molecule has 24 heavy (non-hydrogen) atoms. The van der Waals surface area contributed by atoms with Crippen LogP contribution in [-0.4, -0.2) is 11.0 Å². The molecule has 3 rings (SSSR count). The van der Waals surface area contributed by atoms with Crippen molar-refractivity contribution in [2.24, 2.45) is 0 Å². The van der Waals surface area contributed by atoms with Gasteiger partial charge in [-0.25, -0.2) is 8.78 Å². The van der Waals surface area contributed by atoms with Gasteiger partial charge in [0.2, 0.25) is 0 Å². The van der Waals surface area contributed by atoms with Crippen LogP contribution in [0.1, 0.15) is 53.9 Å². The molecule has 1 fully saturated rings. The third kappa shape index (κ3) is 3.40. The second-order valence-corrected chi connectivity index (χ2v) is 6.17. The Morgan fingerprint density at radius 3 is 2.33 bits per heavy atom. The topological polar surface area (TPSA) is 49.3 Å². The molecule has 0 bridgehead atoms. The van der Waals surface area contributed by atoms with Crippen LogP contribution in [0.15, 0.2) is 36.4 Å². The van der Waals surface area contributed by atoms with Crippen molar-refractivity contribution >= 4 is 11.6 Å². The number of anilines is 1. The van der Waals surface area contributed by atoms with Gasteiger partial charge in [-0.1, -0.05) is 31.4 Å². The van der Waals surface area contributed by atoms with Gasteiger partial charge in [0.15, 0.2) is 11.6 Å². The van der Waals surface area contributed by atoms with Crippen molar-refractivity contribution in [2.45, 2.75) is 38.0 Å². The van der Waals surface area contributed by atoms with Crippen LogP contribution in [0.25, 0.3) is 0 Å². The van der Waals surface area contributed by atoms with E-state index in [0.29, 0.717) is 11.6 Å². The van der Waals surface area contributed by atoms with Gasteiger partial charge >= 0.3 is 0 Å². The van der Waals surface area contributed by atoms with Gasteiger partial charge in [-0.15, -0.1) is 0 Å². The molecule has 0 spiro atoms. The molecule has 0 aromatic heterocycles. The van der Waals surface area contributed by atoms with E-state index in [4.69, 9.17) is 0 Å². The summed E-state index contributed by atoms with van der Waals surface area (Å²) >= 11 is 0. The van der Waals surface area contributed by atoms with Crippen LogP contribution < -0.4 is 5.32 Å². The first-order chi connectivity index (χ1) is 11.6. The Labute approximate surface area is 139 Å². The first-order valence-electron chi connectivity index (χ1n) is 8.14. The number of nitrogens with one attached hydrogen (secondary N) is 1. The van der Waals surface area contributed by atoms with Gasteiger partial charge in [0, 0.05) is 5.69 Å². The Bertz CT molecular complexity index is 738. The highest BCUT2D eigenvalue weighted by Crippen LogP contribution is 2.33. The predicted molar refractivity (Wildman–Crippen MR) is 88.2 cm³/mol. The minimum Gasteiger partial charge on any atom is -0.507 e. The second kappa shape index (κ2) is 6.99. The number of halogens is 2. The number of aromatic hydroxyl groups is 1. The fourth-order valence-corrected chi connectivity index (χ4v) is 3.22. The lowest BCUT2D eigenvalue weighted by molar-refractivity contribution is 0.101. The third-order valence-corrected chi connectivity index (χ3v) is 4.55. The molecule has 1 amide bonds. The van der Waals surface area contributed by atoms with Gasteiger partial charge in [0.25, 0.3) is 5.91 Å². The monoisotopic (exact) mass is 331 g/mol. The van der Waals surface area contributed by atoms with Crippen LogP contribution in [0.3, 0.4) is 0 Å². The molecule has 1 saturated carbocycles. The first-order valence-corrected chi connectivity index (χ1v) is 8.14. The van der Waals surface area contributed by atoms with Crippen LogP contribution >= 0.6 is 0 Å². The summed E-state index contributed by atoms with van der Waals surface area (Å²) in [6, 6.07) is 9.13. The summed E-state index contributed by atoms with van der Waals surface area (Å²) in [5, 5.41) is 12.1. The summed E-state index contributed by atoms with van der Waals surface area (Å²) < 4.78 is 27.0. The van der Waals surface area contributed by atoms with E-state index in [1.54, 1.807) is 12.1 Å². The van der Waals surface area contributed by atoms with Crippen LogP contribution in [0.5, 0.6) is 5.75 Å². The number of amides is 1. The number of phenols is 1. The number of benzene rings is 2. The Hall–Kier alpha value is -2.43. The van der Waals surface area contributed by atoms with Crippen molar-refractivity contribution < 1.29 is 18.7 Å². The summed E-state index contributed by atoms with van der Waals surface area (Å²) in [6.45, 7) is 0. The van der Waals surface area contributed by atoms with Gasteiger partial charge in [-0.05, 0) is 48.6 Å².